The number of nitrogens with one attached hydrogen (secondary N) is 1. The highest BCUT2D eigenvalue weighted by molar-refractivity contribution is 8.00. The number of carbonyl (C=O) groups is 1. The number of thioether (sulfide) groups is 2. The van der Waals surface area contributed by atoms with Gasteiger partial charge in [0, 0.05) is 24.7 Å². The maximum absolute atomic E-state index is 12.7. The Balaban J connectivity index is 1.73. The van der Waals surface area contributed by atoms with Crippen LogP contribution in [0.3, 0.4) is 0 Å². The molecule has 0 radical (unpaired) electrons. The van der Waals surface area contributed by atoms with Crippen LogP contribution in [0.5, 0.6) is 0 Å². The van der Waals surface area contributed by atoms with E-state index in [1.54, 1.807) is 23.4 Å². The van der Waals surface area contributed by atoms with Crippen molar-refractivity contribution in [1.29, 1.82) is 0 Å². The van der Waals surface area contributed by atoms with Gasteiger partial charge < -0.3 is 10.1 Å². The highest BCUT2D eigenvalue weighted by Crippen LogP contribution is 2.28. The number of thiazole rings is 1. The fraction of sp³-hybridized carbons (Fsp3) is 0.467. The molecular weight excluding hydrogens is 380 g/mol. The summed E-state index contributed by atoms with van der Waals surface area (Å²) < 4.78 is 6.70. The van der Waals surface area contributed by atoms with Gasteiger partial charge >= 0.3 is 0 Å². The Morgan fingerprint density at radius 3 is 3.04 bits per heavy atom. The molecule has 0 spiro atoms. The summed E-state index contributed by atoms with van der Waals surface area (Å²) in [6.45, 7) is 2.72. The van der Waals surface area contributed by atoms with Gasteiger partial charge in [-0.1, -0.05) is 11.8 Å². The molecule has 25 heavy (non-hydrogen) atoms. The van der Waals surface area contributed by atoms with E-state index in [0.29, 0.717) is 23.4 Å². The van der Waals surface area contributed by atoms with Crippen molar-refractivity contribution in [2.24, 2.45) is 0 Å². The fourth-order valence-electron chi connectivity index (χ4n) is 2.31. The van der Waals surface area contributed by atoms with E-state index in [9.17, 15) is 9.59 Å². The quantitative estimate of drug-likeness (QED) is 0.564. The number of anilines is 1. The Labute approximate surface area is 157 Å². The molecule has 3 rings (SSSR count). The van der Waals surface area contributed by atoms with Crippen LogP contribution >= 0.6 is 34.9 Å². The fourth-order valence-corrected chi connectivity index (χ4v) is 4.90. The number of carbonyl (C=O) groups excluding carboxylic acids is 1. The summed E-state index contributed by atoms with van der Waals surface area (Å²) in [6, 6.07) is 0. The van der Waals surface area contributed by atoms with Crippen molar-refractivity contribution in [2.75, 3.05) is 30.5 Å². The molecule has 1 aliphatic heterocycles. The number of aryl methyl sites for hydroxylation is 2. The van der Waals surface area contributed by atoms with Gasteiger partial charge in [-0.25, -0.2) is 9.97 Å². The second-order valence-electron chi connectivity index (χ2n) is 5.35. The monoisotopic (exact) mass is 398 g/mol. The van der Waals surface area contributed by atoms with Gasteiger partial charge in [0.1, 0.15) is 0 Å². The topological polar surface area (TPSA) is 86.1 Å². The zero-order valence-corrected chi connectivity index (χ0v) is 16.4. The number of ether oxygens (including phenoxy) is 1. The number of aromatic nitrogens is 3. The number of hydrogen-bond acceptors (Lipinski definition) is 8. The van der Waals surface area contributed by atoms with Crippen molar-refractivity contribution in [1.82, 2.24) is 14.5 Å². The van der Waals surface area contributed by atoms with Gasteiger partial charge in [0.05, 0.1) is 35.2 Å². The van der Waals surface area contributed by atoms with Crippen molar-refractivity contribution in [3.8, 4) is 0 Å². The summed E-state index contributed by atoms with van der Waals surface area (Å²) in [5.74, 6) is 0.880. The van der Waals surface area contributed by atoms with Crippen LogP contribution in [0.4, 0.5) is 5.13 Å². The van der Waals surface area contributed by atoms with Crippen LogP contribution < -0.4 is 10.9 Å². The lowest BCUT2D eigenvalue weighted by atomic mass is 10.3. The molecular formula is C15H18N4O3S3. The van der Waals surface area contributed by atoms with Gasteiger partial charge in [-0.15, -0.1) is 23.1 Å². The predicted molar refractivity (Wildman–Crippen MR) is 101 cm³/mol. The minimum Gasteiger partial charge on any atom is -0.383 e. The zero-order chi connectivity index (χ0) is 17.8. The molecule has 0 aromatic carbocycles. The van der Waals surface area contributed by atoms with Crippen molar-refractivity contribution >= 4 is 45.9 Å². The van der Waals surface area contributed by atoms with E-state index in [4.69, 9.17) is 4.74 Å². The third-order valence-electron chi connectivity index (χ3n) is 3.47. The molecule has 0 fully saturated rings. The first-order valence-corrected chi connectivity index (χ1v) is 10.5. The van der Waals surface area contributed by atoms with Crippen LogP contribution in [-0.2, 0) is 22.5 Å². The number of methoxy groups -OCH3 is 1. The smallest absolute Gasteiger partial charge is 0.268 e. The van der Waals surface area contributed by atoms with Gasteiger partial charge in [0.2, 0.25) is 5.91 Å². The first kappa shape index (κ1) is 18.4. The Morgan fingerprint density at radius 1 is 1.48 bits per heavy atom. The minimum atomic E-state index is -0.165. The number of hydrogen-bond donors (Lipinski definition) is 1. The van der Waals surface area contributed by atoms with Gasteiger partial charge in [-0.3, -0.25) is 14.2 Å². The Hall–Kier alpha value is -1.36. The maximum atomic E-state index is 12.7. The molecule has 0 atom stereocenters. The van der Waals surface area contributed by atoms with Crippen molar-refractivity contribution in [3.05, 3.63) is 27.1 Å². The molecule has 0 saturated carbocycles. The van der Waals surface area contributed by atoms with E-state index < -0.39 is 0 Å². The summed E-state index contributed by atoms with van der Waals surface area (Å²) in [7, 11) is 1.59. The van der Waals surface area contributed by atoms with E-state index in [1.165, 1.54) is 23.1 Å². The molecule has 1 amide bonds. The second-order valence-corrected chi connectivity index (χ2v) is 8.25. The van der Waals surface area contributed by atoms with Crippen molar-refractivity contribution in [2.45, 2.75) is 29.9 Å². The Morgan fingerprint density at radius 2 is 2.32 bits per heavy atom. The van der Waals surface area contributed by atoms with E-state index in [0.717, 1.165) is 28.5 Å². The molecule has 0 saturated heterocycles. The van der Waals surface area contributed by atoms with Gasteiger partial charge in [-0.05, 0) is 6.92 Å². The van der Waals surface area contributed by atoms with E-state index in [-0.39, 0.29) is 17.2 Å². The van der Waals surface area contributed by atoms with Crippen LogP contribution in [0.25, 0.3) is 0 Å². The largest absolute Gasteiger partial charge is 0.383 e. The van der Waals surface area contributed by atoms with Crippen molar-refractivity contribution in [3.63, 3.8) is 0 Å². The standard InChI is InChI=1S/C15H18N4O3S3/c1-9-7-24-14(16-9)18-11(20)8-25-15-17-10-3-6-23-12(10)13(21)19(15)4-5-22-2/h7H,3-6,8H2,1-2H3,(H,16,18,20). The van der Waals surface area contributed by atoms with Gasteiger partial charge in [0.25, 0.3) is 5.56 Å². The Bertz CT molecular complexity index is 834. The highest BCUT2D eigenvalue weighted by Gasteiger charge is 2.22. The van der Waals surface area contributed by atoms with E-state index in [1.807, 2.05) is 12.3 Å². The number of rotatable bonds is 7. The first-order valence-electron chi connectivity index (χ1n) is 7.68. The normalized spacial score (nSPS) is 13.0. The summed E-state index contributed by atoms with van der Waals surface area (Å²) in [4.78, 5) is 34.3. The minimum absolute atomic E-state index is 0.0389. The van der Waals surface area contributed by atoms with Crippen LogP contribution in [0.1, 0.15) is 11.4 Å². The lowest BCUT2D eigenvalue weighted by Crippen LogP contribution is -2.27. The lowest BCUT2D eigenvalue weighted by Gasteiger charge is -2.13. The molecule has 3 heterocycles. The van der Waals surface area contributed by atoms with E-state index in [2.05, 4.69) is 15.3 Å². The molecule has 2 aromatic rings. The molecule has 0 aliphatic carbocycles. The average Bonchev–Trinajstić information content (AvgIpc) is 3.21. The third-order valence-corrected chi connectivity index (χ3v) is 6.42. The summed E-state index contributed by atoms with van der Waals surface area (Å²) in [5, 5.41) is 5.79. The molecule has 134 valence electrons. The molecule has 1 aliphatic rings. The average molecular weight is 399 g/mol. The maximum Gasteiger partial charge on any atom is 0.268 e. The van der Waals surface area contributed by atoms with Gasteiger partial charge in [-0.2, -0.15) is 0 Å². The molecule has 0 unspecified atom stereocenters. The van der Waals surface area contributed by atoms with Crippen molar-refractivity contribution < 1.29 is 9.53 Å². The van der Waals surface area contributed by atoms with Gasteiger partial charge in [0.15, 0.2) is 10.3 Å². The third kappa shape index (κ3) is 4.43. The zero-order valence-electron chi connectivity index (χ0n) is 13.9. The van der Waals surface area contributed by atoms with Crippen LogP contribution in [0, 0.1) is 6.92 Å². The number of fused-ring (bicyclic) bond motifs is 1. The second kappa shape index (κ2) is 8.35. The van der Waals surface area contributed by atoms with E-state index >= 15 is 0 Å². The Kier molecular flexibility index (Phi) is 6.15. The molecule has 0 bridgehead atoms. The number of amides is 1. The van der Waals surface area contributed by atoms with Crippen LogP contribution in [0.2, 0.25) is 0 Å². The summed E-state index contributed by atoms with van der Waals surface area (Å²) >= 11 is 4.20. The highest BCUT2D eigenvalue weighted by atomic mass is 32.2. The molecule has 7 nitrogen and oxygen atoms in total. The number of nitrogens with zero attached hydrogens (tertiary/aromatic N) is 3. The predicted octanol–water partition coefficient (Wildman–Crippen LogP) is 2.03. The van der Waals surface area contributed by atoms with Crippen LogP contribution in [0.15, 0.2) is 20.2 Å². The SMILES string of the molecule is COCCn1c(SCC(=O)Nc2nc(C)cs2)nc2c(c1=O)SCC2. The summed E-state index contributed by atoms with van der Waals surface area (Å²) in [5.41, 5.74) is 1.67. The molecule has 10 heteroatoms. The summed E-state index contributed by atoms with van der Waals surface area (Å²) in [6.07, 6.45) is 0.790. The molecule has 1 N–H and O–H groups in total. The molecule has 2 aromatic heterocycles. The van der Waals surface area contributed by atoms with Crippen LogP contribution in [-0.4, -0.2) is 45.7 Å². The lowest BCUT2D eigenvalue weighted by molar-refractivity contribution is -0.113. The first-order chi connectivity index (χ1) is 12.1.